The van der Waals surface area contributed by atoms with E-state index in [1.54, 1.807) is 12.3 Å². The highest BCUT2D eigenvalue weighted by Gasteiger charge is 2.11. The first-order valence-corrected chi connectivity index (χ1v) is 4.11. The number of hydrogen-bond acceptors (Lipinski definition) is 2. The van der Waals surface area contributed by atoms with Gasteiger partial charge in [-0.1, -0.05) is 0 Å². The van der Waals surface area contributed by atoms with Crippen LogP contribution in [0.2, 0.25) is 0 Å². The van der Waals surface area contributed by atoms with Gasteiger partial charge in [0.25, 0.3) is 6.43 Å². The topological polar surface area (TPSA) is 26.0 Å². The quantitative estimate of drug-likeness (QED) is 0.738. The largest absolute Gasteiger partial charge is 0.324 e. The van der Waals surface area contributed by atoms with Gasteiger partial charge < -0.3 is 5.73 Å². The van der Waals surface area contributed by atoms with E-state index in [-0.39, 0.29) is 10.9 Å². The van der Waals surface area contributed by atoms with Crippen LogP contribution >= 0.6 is 11.3 Å². The molecule has 62 valence electrons. The van der Waals surface area contributed by atoms with E-state index in [9.17, 15) is 8.78 Å². The Bertz CT molecular complexity index is 210. The fourth-order valence-electron chi connectivity index (χ4n) is 0.722. The molecule has 1 atom stereocenters. The SMILES string of the molecule is C[C@@H](N)c1csc(C(F)F)c1. The Morgan fingerprint density at radius 2 is 2.18 bits per heavy atom. The van der Waals surface area contributed by atoms with Crippen LogP contribution in [0.3, 0.4) is 0 Å². The summed E-state index contributed by atoms with van der Waals surface area (Å²) < 4.78 is 24.0. The maximum atomic E-state index is 12.0. The van der Waals surface area contributed by atoms with Crippen LogP contribution in [0.15, 0.2) is 11.4 Å². The molecule has 4 heteroatoms. The van der Waals surface area contributed by atoms with Crippen LogP contribution in [0.1, 0.15) is 29.8 Å². The summed E-state index contributed by atoms with van der Waals surface area (Å²) in [5, 5.41) is 1.67. The van der Waals surface area contributed by atoms with Gasteiger partial charge in [0, 0.05) is 6.04 Å². The van der Waals surface area contributed by atoms with Gasteiger partial charge in [-0.2, -0.15) is 0 Å². The summed E-state index contributed by atoms with van der Waals surface area (Å²) in [6.07, 6.45) is -2.37. The highest BCUT2D eigenvalue weighted by Crippen LogP contribution is 2.27. The average molecular weight is 177 g/mol. The van der Waals surface area contributed by atoms with Gasteiger partial charge in [0.1, 0.15) is 0 Å². The number of rotatable bonds is 2. The molecule has 1 rings (SSSR count). The monoisotopic (exact) mass is 177 g/mol. The predicted molar refractivity (Wildman–Crippen MR) is 41.9 cm³/mol. The van der Waals surface area contributed by atoms with E-state index >= 15 is 0 Å². The summed E-state index contributed by atoms with van der Waals surface area (Å²) in [5.41, 5.74) is 6.27. The van der Waals surface area contributed by atoms with Crippen molar-refractivity contribution < 1.29 is 8.78 Å². The van der Waals surface area contributed by atoms with Crippen LogP contribution in [-0.4, -0.2) is 0 Å². The first-order valence-electron chi connectivity index (χ1n) is 3.23. The van der Waals surface area contributed by atoms with Crippen LogP contribution in [-0.2, 0) is 0 Å². The van der Waals surface area contributed by atoms with Crippen LogP contribution in [0.25, 0.3) is 0 Å². The Morgan fingerprint density at radius 3 is 2.45 bits per heavy atom. The molecule has 2 N–H and O–H groups in total. The first-order chi connectivity index (χ1) is 5.11. The molecule has 1 aromatic rings. The minimum absolute atomic E-state index is 0.0947. The molecule has 1 aromatic heterocycles. The van der Waals surface area contributed by atoms with Crippen molar-refractivity contribution in [2.75, 3.05) is 0 Å². The molecule has 0 saturated carbocycles. The highest BCUT2D eigenvalue weighted by atomic mass is 32.1. The van der Waals surface area contributed by atoms with Crippen LogP contribution in [0.4, 0.5) is 8.78 Å². The third kappa shape index (κ3) is 1.97. The highest BCUT2D eigenvalue weighted by molar-refractivity contribution is 7.10. The van der Waals surface area contributed by atoms with Crippen LogP contribution in [0, 0.1) is 0 Å². The van der Waals surface area contributed by atoms with Gasteiger partial charge in [-0.3, -0.25) is 0 Å². The maximum absolute atomic E-state index is 12.0. The lowest BCUT2D eigenvalue weighted by molar-refractivity contribution is 0.155. The third-order valence-electron chi connectivity index (χ3n) is 1.38. The molecule has 0 spiro atoms. The van der Waals surface area contributed by atoms with Crippen molar-refractivity contribution in [1.29, 1.82) is 0 Å². The van der Waals surface area contributed by atoms with Gasteiger partial charge >= 0.3 is 0 Å². The first kappa shape index (κ1) is 8.62. The molecular weight excluding hydrogens is 168 g/mol. The molecule has 0 bridgehead atoms. The van der Waals surface area contributed by atoms with Gasteiger partial charge in [0.2, 0.25) is 0 Å². The Balaban J connectivity index is 2.82. The summed E-state index contributed by atoms with van der Waals surface area (Å²) >= 11 is 1.06. The molecule has 0 aliphatic heterocycles. The minimum atomic E-state index is -2.37. The second-order valence-corrected chi connectivity index (χ2v) is 3.31. The van der Waals surface area contributed by atoms with E-state index in [0.29, 0.717) is 0 Å². The summed E-state index contributed by atoms with van der Waals surface area (Å²) in [4.78, 5) is 0.0947. The fraction of sp³-hybridized carbons (Fsp3) is 0.429. The van der Waals surface area contributed by atoms with E-state index in [4.69, 9.17) is 5.73 Å². The summed E-state index contributed by atoms with van der Waals surface area (Å²) in [6, 6.07) is 1.30. The Hall–Kier alpha value is -0.480. The zero-order valence-electron chi connectivity index (χ0n) is 6.05. The molecule has 0 amide bonds. The second kappa shape index (κ2) is 3.28. The summed E-state index contributed by atoms with van der Waals surface area (Å²) in [7, 11) is 0. The van der Waals surface area contributed by atoms with Crippen molar-refractivity contribution in [2.24, 2.45) is 5.73 Å². The summed E-state index contributed by atoms with van der Waals surface area (Å²) in [5.74, 6) is 0. The lowest BCUT2D eigenvalue weighted by Gasteiger charge is -1.98. The number of halogens is 2. The lowest BCUT2D eigenvalue weighted by Crippen LogP contribution is -2.02. The molecule has 1 nitrogen and oxygen atoms in total. The molecule has 0 fully saturated rings. The molecule has 11 heavy (non-hydrogen) atoms. The summed E-state index contributed by atoms with van der Waals surface area (Å²) in [6.45, 7) is 1.78. The molecular formula is C7H9F2NS. The third-order valence-corrected chi connectivity index (χ3v) is 2.34. The van der Waals surface area contributed by atoms with E-state index in [2.05, 4.69) is 0 Å². The standard InChI is InChI=1S/C7H9F2NS/c1-4(10)5-2-6(7(8)9)11-3-5/h2-4,7H,10H2,1H3/t4-/m1/s1. The van der Waals surface area contributed by atoms with Crippen molar-refractivity contribution in [1.82, 2.24) is 0 Å². The normalized spacial score (nSPS) is 13.9. The Kier molecular flexibility index (Phi) is 2.57. The Labute approximate surface area is 67.8 Å². The van der Waals surface area contributed by atoms with Crippen molar-refractivity contribution in [3.63, 3.8) is 0 Å². The zero-order chi connectivity index (χ0) is 8.43. The Morgan fingerprint density at radius 1 is 1.55 bits per heavy atom. The van der Waals surface area contributed by atoms with E-state index < -0.39 is 6.43 Å². The molecule has 0 aromatic carbocycles. The van der Waals surface area contributed by atoms with Gasteiger partial charge in [-0.05, 0) is 23.9 Å². The van der Waals surface area contributed by atoms with Gasteiger partial charge in [-0.15, -0.1) is 11.3 Å². The maximum Gasteiger partial charge on any atom is 0.272 e. The van der Waals surface area contributed by atoms with Crippen LogP contribution in [0.5, 0.6) is 0 Å². The molecule has 0 aliphatic rings. The average Bonchev–Trinajstić information content (AvgIpc) is 2.33. The van der Waals surface area contributed by atoms with Crippen molar-refractivity contribution >= 4 is 11.3 Å². The minimum Gasteiger partial charge on any atom is -0.324 e. The van der Waals surface area contributed by atoms with Gasteiger partial charge in [0.15, 0.2) is 0 Å². The van der Waals surface area contributed by atoms with E-state index in [1.807, 2.05) is 0 Å². The fourth-order valence-corrected chi connectivity index (χ4v) is 1.58. The molecule has 0 saturated heterocycles. The van der Waals surface area contributed by atoms with Crippen molar-refractivity contribution in [2.45, 2.75) is 19.4 Å². The number of thiophene rings is 1. The smallest absolute Gasteiger partial charge is 0.272 e. The molecule has 0 unspecified atom stereocenters. The number of nitrogens with two attached hydrogens (primary N) is 1. The predicted octanol–water partition coefficient (Wildman–Crippen LogP) is 2.71. The number of alkyl halides is 2. The van der Waals surface area contributed by atoms with Gasteiger partial charge in [0.05, 0.1) is 4.88 Å². The molecule has 0 aliphatic carbocycles. The second-order valence-electron chi connectivity index (χ2n) is 2.37. The van der Waals surface area contributed by atoms with Crippen molar-refractivity contribution in [3.05, 3.63) is 21.9 Å². The number of hydrogen-bond donors (Lipinski definition) is 1. The lowest BCUT2D eigenvalue weighted by atomic mass is 10.2. The van der Waals surface area contributed by atoms with Gasteiger partial charge in [-0.25, -0.2) is 8.78 Å². The molecule has 0 radical (unpaired) electrons. The van der Waals surface area contributed by atoms with E-state index in [0.717, 1.165) is 16.9 Å². The molecule has 1 heterocycles. The van der Waals surface area contributed by atoms with E-state index in [1.165, 1.54) is 6.07 Å². The zero-order valence-corrected chi connectivity index (χ0v) is 6.87. The van der Waals surface area contributed by atoms with Crippen LogP contribution < -0.4 is 5.73 Å². The van der Waals surface area contributed by atoms with Crippen molar-refractivity contribution in [3.8, 4) is 0 Å².